The molecule has 1 rings (SSSR count). The summed E-state index contributed by atoms with van der Waals surface area (Å²) in [6.45, 7) is 1.99. The summed E-state index contributed by atoms with van der Waals surface area (Å²) in [4.78, 5) is 0. The molecule has 0 heterocycles. The summed E-state index contributed by atoms with van der Waals surface area (Å²) in [5.74, 6) is 0. The van der Waals surface area contributed by atoms with Gasteiger partial charge in [0.2, 0.25) is 0 Å². The van der Waals surface area contributed by atoms with Crippen molar-refractivity contribution in [2.45, 2.75) is 27.2 Å². The van der Waals surface area contributed by atoms with Crippen molar-refractivity contribution < 1.29 is 0 Å². The van der Waals surface area contributed by atoms with Crippen molar-refractivity contribution in [2.24, 2.45) is 5.41 Å². The number of nitrogens with zero attached hydrogens (tertiary/aromatic N) is 1. The van der Waals surface area contributed by atoms with E-state index in [-0.39, 0.29) is 12.8 Å². The smallest absolute Gasteiger partial charge is 0.0686 e. The van der Waals surface area contributed by atoms with Gasteiger partial charge < -0.3 is 0 Å². The van der Waals surface area contributed by atoms with Crippen LogP contribution in [0.1, 0.15) is 27.2 Å². The van der Waals surface area contributed by atoms with Crippen LogP contribution in [0.15, 0.2) is 0 Å². The highest BCUT2D eigenvalue weighted by Crippen LogP contribution is 2.43. The van der Waals surface area contributed by atoms with Crippen molar-refractivity contribution >= 4 is 0 Å². The summed E-state index contributed by atoms with van der Waals surface area (Å²) in [6.07, 6.45) is 2.23. The van der Waals surface area contributed by atoms with Crippen LogP contribution in [0.25, 0.3) is 0 Å². The Morgan fingerprint density at radius 1 is 1.57 bits per heavy atom. The van der Waals surface area contributed by atoms with E-state index in [4.69, 9.17) is 5.26 Å². The van der Waals surface area contributed by atoms with Crippen LogP contribution in [0.4, 0.5) is 0 Å². The fourth-order valence-corrected chi connectivity index (χ4v) is 0.299. The summed E-state index contributed by atoms with van der Waals surface area (Å²) in [7, 11) is 0. The molecule has 0 aromatic carbocycles. The highest BCUT2D eigenvalue weighted by molar-refractivity contribution is 5.06. The molecule has 0 radical (unpaired) electrons. The first-order chi connectivity index (χ1) is 2.77. The molecule has 1 nitrogen and oxygen atoms in total. The Labute approximate surface area is 45.0 Å². The monoisotopic (exact) mass is 97.1 g/mol. The lowest BCUT2D eigenvalue weighted by molar-refractivity contribution is 0.767. The normalized spacial score (nSPS) is 21.7. The van der Waals surface area contributed by atoms with E-state index in [2.05, 4.69) is 6.07 Å². The summed E-state index contributed by atoms with van der Waals surface area (Å²) in [5, 5.41) is 8.22. The maximum Gasteiger partial charge on any atom is 0.0686 e. The van der Waals surface area contributed by atoms with Crippen LogP contribution < -0.4 is 0 Å². The molecular formula is C6H11N. The van der Waals surface area contributed by atoms with Crippen molar-refractivity contribution in [3.63, 3.8) is 0 Å². The Kier molecular flexibility index (Phi) is 1.42. The fraction of sp³-hybridized carbons (Fsp3) is 0.833. The van der Waals surface area contributed by atoms with Gasteiger partial charge >= 0.3 is 0 Å². The van der Waals surface area contributed by atoms with Gasteiger partial charge in [0, 0.05) is 0 Å². The van der Waals surface area contributed by atoms with Crippen LogP contribution in [-0.4, -0.2) is 0 Å². The van der Waals surface area contributed by atoms with Crippen molar-refractivity contribution in [2.75, 3.05) is 0 Å². The van der Waals surface area contributed by atoms with Gasteiger partial charge in [0.1, 0.15) is 0 Å². The van der Waals surface area contributed by atoms with Crippen LogP contribution in [0, 0.1) is 16.7 Å². The van der Waals surface area contributed by atoms with Gasteiger partial charge in [0.15, 0.2) is 0 Å². The van der Waals surface area contributed by atoms with Gasteiger partial charge in [-0.3, -0.25) is 0 Å². The highest BCUT2D eigenvalue weighted by Gasteiger charge is 2.36. The van der Waals surface area contributed by atoms with E-state index in [1.165, 1.54) is 0 Å². The molecular weight excluding hydrogens is 86.1 g/mol. The predicted octanol–water partition coefficient (Wildman–Crippen LogP) is 1.95. The van der Waals surface area contributed by atoms with E-state index in [1.807, 2.05) is 6.92 Å². The van der Waals surface area contributed by atoms with Gasteiger partial charge in [-0.05, 0) is 19.8 Å². The molecule has 0 atom stereocenters. The lowest BCUT2D eigenvalue weighted by atomic mass is 10.2. The van der Waals surface area contributed by atoms with E-state index < -0.39 is 0 Å². The van der Waals surface area contributed by atoms with Crippen molar-refractivity contribution in [1.82, 2.24) is 0 Å². The zero-order valence-corrected chi connectivity index (χ0v) is 3.86. The molecule has 0 saturated heterocycles. The molecule has 1 fully saturated rings. The lowest BCUT2D eigenvalue weighted by Gasteiger charge is -1.82. The average molecular weight is 97.2 g/mol. The SMILES string of the molecule is C.CC1(C#N)CC1. The molecule has 0 aromatic heterocycles. The molecule has 0 spiro atoms. The molecule has 0 amide bonds. The minimum atomic E-state index is 0. The van der Waals surface area contributed by atoms with Gasteiger partial charge in [0.25, 0.3) is 0 Å². The third-order valence-electron chi connectivity index (χ3n) is 1.27. The second-order valence-electron chi connectivity index (χ2n) is 2.17. The molecule has 40 valence electrons. The van der Waals surface area contributed by atoms with Crippen molar-refractivity contribution in [1.29, 1.82) is 5.26 Å². The highest BCUT2D eigenvalue weighted by atomic mass is 14.4. The first-order valence-corrected chi connectivity index (χ1v) is 2.18. The Morgan fingerprint density at radius 2 is 2.00 bits per heavy atom. The quantitative estimate of drug-likeness (QED) is 0.453. The topological polar surface area (TPSA) is 23.8 Å². The van der Waals surface area contributed by atoms with Crippen LogP contribution in [0.3, 0.4) is 0 Å². The lowest BCUT2D eigenvalue weighted by Crippen LogP contribution is -1.81. The summed E-state index contributed by atoms with van der Waals surface area (Å²) < 4.78 is 0. The van der Waals surface area contributed by atoms with Gasteiger partial charge in [0.05, 0.1) is 11.5 Å². The third kappa shape index (κ3) is 1.19. The van der Waals surface area contributed by atoms with E-state index in [0.717, 1.165) is 12.8 Å². The van der Waals surface area contributed by atoms with E-state index in [1.54, 1.807) is 0 Å². The first kappa shape index (κ1) is 6.49. The summed E-state index contributed by atoms with van der Waals surface area (Å²) >= 11 is 0. The summed E-state index contributed by atoms with van der Waals surface area (Å²) in [6, 6.07) is 2.22. The number of hydrogen-bond acceptors (Lipinski definition) is 1. The van der Waals surface area contributed by atoms with Gasteiger partial charge in [-0.15, -0.1) is 0 Å². The van der Waals surface area contributed by atoms with Gasteiger partial charge in [-0.2, -0.15) is 5.26 Å². The molecule has 1 heteroatoms. The van der Waals surface area contributed by atoms with Crippen LogP contribution in [0.2, 0.25) is 0 Å². The van der Waals surface area contributed by atoms with Crippen LogP contribution in [-0.2, 0) is 0 Å². The molecule has 0 aromatic rings. The Bertz CT molecular complexity index is 95.2. The molecule has 1 aliphatic carbocycles. The Balaban J connectivity index is 0.000000360. The van der Waals surface area contributed by atoms with E-state index >= 15 is 0 Å². The molecule has 0 unspecified atom stereocenters. The molecule has 0 bridgehead atoms. The average Bonchev–Trinajstić information content (AvgIpc) is 2.22. The summed E-state index contributed by atoms with van der Waals surface area (Å²) in [5.41, 5.74) is 0.0972. The van der Waals surface area contributed by atoms with Crippen LogP contribution in [0.5, 0.6) is 0 Å². The third-order valence-corrected chi connectivity index (χ3v) is 1.27. The Hall–Kier alpha value is -0.510. The van der Waals surface area contributed by atoms with E-state index in [9.17, 15) is 0 Å². The molecule has 1 saturated carbocycles. The van der Waals surface area contributed by atoms with Crippen molar-refractivity contribution in [3.8, 4) is 6.07 Å². The molecule has 0 N–H and O–H groups in total. The second kappa shape index (κ2) is 1.54. The number of nitriles is 1. The standard InChI is InChI=1S/C5H7N.CH4/c1-5(4-6)2-3-5;/h2-3H2,1H3;1H4. The minimum Gasteiger partial charge on any atom is -0.198 e. The van der Waals surface area contributed by atoms with Crippen molar-refractivity contribution in [3.05, 3.63) is 0 Å². The zero-order valence-electron chi connectivity index (χ0n) is 3.86. The molecule has 1 aliphatic rings. The zero-order chi connectivity index (χ0) is 4.62. The fourth-order valence-electron chi connectivity index (χ4n) is 0.299. The van der Waals surface area contributed by atoms with E-state index in [0.29, 0.717) is 0 Å². The maximum absolute atomic E-state index is 8.22. The number of rotatable bonds is 0. The van der Waals surface area contributed by atoms with Gasteiger partial charge in [-0.25, -0.2) is 0 Å². The Morgan fingerprint density at radius 3 is 2.00 bits per heavy atom. The minimum absolute atomic E-state index is 0. The predicted molar refractivity (Wildman–Crippen MR) is 29.7 cm³/mol. The molecule has 7 heavy (non-hydrogen) atoms. The second-order valence-corrected chi connectivity index (χ2v) is 2.17. The maximum atomic E-state index is 8.22. The number of hydrogen-bond donors (Lipinski definition) is 0. The largest absolute Gasteiger partial charge is 0.198 e. The molecule has 0 aliphatic heterocycles. The first-order valence-electron chi connectivity index (χ1n) is 2.18. The van der Waals surface area contributed by atoms with Crippen LogP contribution >= 0.6 is 0 Å². The van der Waals surface area contributed by atoms with Gasteiger partial charge in [-0.1, -0.05) is 7.43 Å².